The topological polar surface area (TPSA) is 56.8 Å². The fraction of sp³-hybridized carbons (Fsp3) is 0.235. The van der Waals surface area contributed by atoms with Gasteiger partial charge in [-0.2, -0.15) is 0 Å². The van der Waals surface area contributed by atoms with Crippen LogP contribution in [-0.4, -0.2) is 25.2 Å². The van der Waals surface area contributed by atoms with Gasteiger partial charge in [0.25, 0.3) is 5.91 Å². The van der Waals surface area contributed by atoms with Crippen LogP contribution in [0.5, 0.6) is 17.2 Å². The molecule has 2 aromatic carbocycles. The van der Waals surface area contributed by atoms with Crippen molar-refractivity contribution in [1.82, 2.24) is 0 Å². The summed E-state index contributed by atoms with van der Waals surface area (Å²) in [6.45, 7) is 2.76. The summed E-state index contributed by atoms with van der Waals surface area (Å²) >= 11 is 0. The summed E-state index contributed by atoms with van der Waals surface area (Å²) in [6, 6.07) is 14.6. The first kappa shape index (κ1) is 14.3. The van der Waals surface area contributed by atoms with E-state index in [1.54, 1.807) is 25.1 Å². The molecular formula is C17H17NO4. The first-order chi connectivity index (χ1) is 10.7. The summed E-state index contributed by atoms with van der Waals surface area (Å²) in [6.07, 6.45) is -0.601. The molecule has 1 aliphatic rings. The minimum atomic E-state index is -0.601. The molecular weight excluding hydrogens is 282 g/mol. The third kappa shape index (κ3) is 3.31. The van der Waals surface area contributed by atoms with Crippen LogP contribution in [0, 0.1) is 0 Å². The van der Waals surface area contributed by atoms with Gasteiger partial charge in [-0.25, -0.2) is 0 Å². The van der Waals surface area contributed by atoms with Crippen molar-refractivity contribution in [3.8, 4) is 17.2 Å². The third-order valence-electron chi connectivity index (χ3n) is 3.24. The van der Waals surface area contributed by atoms with Crippen molar-refractivity contribution in [1.29, 1.82) is 0 Å². The molecule has 0 aliphatic carbocycles. The lowest BCUT2D eigenvalue weighted by Crippen LogP contribution is -2.30. The smallest absolute Gasteiger partial charge is 0.265 e. The number of benzene rings is 2. The van der Waals surface area contributed by atoms with Crippen molar-refractivity contribution in [2.24, 2.45) is 0 Å². The molecule has 0 saturated heterocycles. The van der Waals surface area contributed by atoms with Gasteiger partial charge in [0.2, 0.25) is 0 Å². The fourth-order valence-corrected chi connectivity index (χ4v) is 2.12. The molecule has 0 spiro atoms. The van der Waals surface area contributed by atoms with Crippen LogP contribution in [-0.2, 0) is 4.79 Å². The molecule has 0 radical (unpaired) electrons. The molecule has 0 fully saturated rings. The van der Waals surface area contributed by atoms with E-state index in [4.69, 9.17) is 14.2 Å². The van der Waals surface area contributed by atoms with E-state index in [2.05, 4.69) is 5.32 Å². The minimum absolute atomic E-state index is 0.222. The molecule has 1 atom stereocenters. The zero-order valence-electron chi connectivity index (χ0n) is 12.2. The zero-order valence-corrected chi connectivity index (χ0v) is 12.2. The van der Waals surface area contributed by atoms with E-state index in [1.807, 2.05) is 30.3 Å². The van der Waals surface area contributed by atoms with Crippen molar-refractivity contribution in [2.45, 2.75) is 13.0 Å². The second-order valence-electron chi connectivity index (χ2n) is 4.92. The maximum absolute atomic E-state index is 12.2. The Kier molecular flexibility index (Phi) is 4.14. The number of carbonyl (C=O) groups is 1. The van der Waals surface area contributed by atoms with Crippen LogP contribution >= 0.6 is 0 Å². The molecule has 0 aromatic heterocycles. The maximum Gasteiger partial charge on any atom is 0.265 e. The molecule has 22 heavy (non-hydrogen) atoms. The summed E-state index contributed by atoms with van der Waals surface area (Å²) in [7, 11) is 0. The quantitative estimate of drug-likeness (QED) is 0.943. The van der Waals surface area contributed by atoms with Gasteiger partial charge in [-0.3, -0.25) is 4.79 Å². The minimum Gasteiger partial charge on any atom is -0.486 e. The van der Waals surface area contributed by atoms with E-state index in [1.165, 1.54) is 0 Å². The number of anilines is 1. The molecule has 2 aromatic rings. The molecule has 5 heteroatoms. The van der Waals surface area contributed by atoms with E-state index in [0.29, 0.717) is 36.1 Å². The van der Waals surface area contributed by atoms with Gasteiger partial charge < -0.3 is 19.5 Å². The molecule has 1 N–H and O–H groups in total. The lowest BCUT2D eigenvalue weighted by molar-refractivity contribution is -0.122. The Labute approximate surface area is 128 Å². The molecule has 1 amide bonds. The van der Waals surface area contributed by atoms with Gasteiger partial charge >= 0.3 is 0 Å². The number of rotatable bonds is 4. The van der Waals surface area contributed by atoms with Crippen LogP contribution in [0.25, 0.3) is 0 Å². The summed E-state index contributed by atoms with van der Waals surface area (Å²) in [5.74, 6) is 1.77. The van der Waals surface area contributed by atoms with Crippen LogP contribution < -0.4 is 19.5 Å². The highest BCUT2D eigenvalue weighted by molar-refractivity contribution is 5.94. The molecule has 0 bridgehead atoms. The highest BCUT2D eigenvalue weighted by Gasteiger charge is 2.17. The van der Waals surface area contributed by atoms with E-state index in [-0.39, 0.29) is 5.91 Å². The second kappa shape index (κ2) is 6.39. The molecule has 1 heterocycles. The van der Waals surface area contributed by atoms with Crippen LogP contribution in [0.2, 0.25) is 0 Å². The van der Waals surface area contributed by atoms with Gasteiger partial charge in [0.05, 0.1) is 0 Å². The van der Waals surface area contributed by atoms with Gasteiger partial charge in [-0.15, -0.1) is 0 Å². The first-order valence-electron chi connectivity index (χ1n) is 7.14. The Bertz CT molecular complexity index is 657. The lowest BCUT2D eigenvalue weighted by Gasteiger charge is -2.19. The number of nitrogens with one attached hydrogen (secondary N) is 1. The summed E-state index contributed by atoms with van der Waals surface area (Å²) in [5.41, 5.74) is 0.651. The Balaban J connectivity index is 1.63. The molecule has 114 valence electrons. The number of amides is 1. The summed E-state index contributed by atoms with van der Waals surface area (Å²) in [5, 5.41) is 2.81. The van der Waals surface area contributed by atoms with E-state index in [9.17, 15) is 4.79 Å². The van der Waals surface area contributed by atoms with E-state index in [0.717, 1.165) is 0 Å². The first-order valence-corrected chi connectivity index (χ1v) is 7.14. The SMILES string of the molecule is C[C@@H](Oc1ccccc1)C(=O)Nc1ccc2c(c1)OCCO2. The highest BCUT2D eigenvalue weighted by atomic mass is 16.6. The lowest BCUT2D eigenvalue weighted by atomic mass is 10.2. The Morgan fingerprint density at radius 2 is 1.82 bits per heavy atom. The number of hydrogen-bond donors (Lipinski definition) is 1. The standard InChI is InChI=1S/C17H17NO4/c1-12(22-14-5-3-2-4-6-14)17(19)18-13-7-8-15-16(11-13)21-10-9-20-15/h2-8,11-12H,9-10H2,1H3,(H,18,19)/t12-/m1/s1. The van der Waals surface area contributed by atoms with Crippen molar-refractivity contribution < 1.29 is 19.0 Å². The van der Waals surface area contributed by atoms with E-state index < -0.39 is 6.10 Å². The fourth-order valence-electron chi connectivity index (χ4n) is 2.12. The second-order valence-corrected chi connectivity index (χ2v) is 4.92. The van der Waals surface area contributed by atoms with Gasteiger partial charge in [-0.1, -0.05) is 18.2 Å². The van der Waals surface area contributed by atoms with Crippen LogP contribution in [0.4, 0.5) is 5.69 Å². The normalized spacial score (nSPS) is 14.0. The predicted molar refractivity (Wildman–Crippen MR) is 82.6 cm³/mol. The zero-order chi connectivity index (χ0) is 15.4. The van der Waals surface area contributed by atoms with Crippen molar-refractivity contribution in [2.75, 3.05) is 18.5 Å². The van der Waals surface area contributed by atoms with Crippen molar-refractivity contribution >= 4 is 11.6 Å². The number of carbonyl (C=O) groups excluding carboxylic acids is 1. The average Bonchev–Trinajstić information content (AvgIpc) is 2.55. The Hall–Kier alpha value is -2.69. The van der Waals surface area contributed by atoms with Crippen LogP contribution in [0.15, 0.2) is 48.5 Å². The van der Waals surface area contributed by atoms with Gasteiger partial charge in [-0.05, 0) is 31.2 Å². The Morgan fingerprint density at radius 1 is 1.09 bits per heavy atom. The monoisotopic (exact) mass is 299 g/mol. The van der Waals surface area contributed by atoms with E-state index >= 15 is 0 Å². The molecule has 5 nitrogen and oxygen atoms in total. The highest BCUT2D eigenvalue weighted by Crippen LogP contribution is 2.32. The average molecular weight is 299 g/mol. The molecule has 0 saturated carbocycles. The third-order valence-corrected chi connectivity index (χ3v) is 3.24. The summed E-state index contributed by atoms with van der Waals surface area (Å²) < 4.78 is 16.5. The molecule has 0 unspecified atom stereocenters. The predicted octanol–water partition coefficient (Wildman–Crippen LogP) is 2.86. The van der Waals surface area contributed by atoms with Gasteiger partial charge in [0, 0.05) is 11.8 Å². The largest absolute Gasteiger partial charge is 0.486 e. The number of ether oxygens (including phenoxy) is 3. The Morgan fingerprint density at radius 3 is 2.59 bits per heavy atom. The maximum atomic E-state index is 12.2. The van der Waals surface area contributed by atoms with Crippen LogP contribution in [0.3, 0.4) is 0 Å². The molecule has 3 rings (SSSR count). The van der Waals surface area contributed by atoms with Crippen molar-refractivity contribution in [3.05, 3.63) is 48.5 Å². The molecule has 1 aliphatic heterocycles. The summed E-state index contributed by atoms with van der Waals surface area (Å²) in [4.78, 5) is 12.2. The number of fused-ring (bicyclic) bond motifs is 1. The number of para-hydroxylation sites is 1. The van der Waals surface area contributed by atoms with Crippen LogP contribution in [0.1, 0.15) is 6.92 Å². The van der Waals surface area contributed by atoms with Gasteiger partial charge in [0.1, 0.15) is 19.0 Å². The van der Waals surface area contributed by atoms with Gasteiger partial charge in [0.15, 0.2) is 17.6 Å². The van der Waals surface area contributed by atoms with Crippen molar-refractivity contribution in [3.63, 3.8) is 0 Å². The number of hydrogen-bond acceptors (Lipinski definition) is 4.